The minimum Gasteiger partial charge on any atom is -0.443 e. The van der Waals surface area contributed by atoms with Crippen molar-refractivity contribution in [1.29, 1.82) is 0 Å². The molecule has 12 heterocycles. The molecular weight excluding hydrogens is 1480 g/mol. The summed E-state index contributed by atoms with van der Waals surface area (Å²) in [5.41, 5.74) is 16.6. The Bertz CT molecular complexity index is 5280. The summed E-state index contributed by atoms with van der Waals surface area (Å²) < 4.78 is 23.1. The van der Waals surface area contributed by atoms with Crippen LogP contribution < -0.4 is 21.3 Å². The largest absolute Gasteiger partial charge is 0.443 e. The molecule has 16 rings (SSSR count). The first-order valence-electron chi connectivity index (χ1n) is 42.2. The summed E-state index contributed by atoms with van der Waals surface area (Å²) in [6.07, 6.45) is 9.05. The maximum absolute atomic E-state index is 13.2. The van der Waals surface area contributed by atoms with Gasteiger partial charge in [0, 0.05) is 116 Å². The molecule has 4 aliphatic heterocycles. The van der Waals surface area contributed by atoms with E-state index < -0.39 is 0 Å². The second-order valence-corrected chi connectivity index (χ2v) is 33.8. The minimum absolute atomic E-state index is 0.0240. The minimum atomic E-state index is 0.0240. The van der Waals surface area contributed by atoms with E-state index in [-0.39, 0.29) is 41.4 Å². The lowest BCUT2D eigenvalue weighted by Crippen LogP contribution is -2.54. The van der Waals surface area contributed by atoms with Crippen LogP contribution in [0.1, 0.15) is 213 Å². The monoisotopic (exact) mass is 1600 g/mol. The van der Waals surface area contributed by atoms with Crippen molar-refractivity contribution in [2.45, 2.75) is 152 Å². The summed E-state index contributed by atoms with van der Waals surface area (Å²) in [6.45, 7) is 40.6. The molecule has 4 saturated heterocycles. The molecule has 0 aliphatic carbocycles. The third-order valence-corrected chi connectivity index (χ3v) is 22.4. The zero-order valence-corrected chi connectivity index (χ0v) is 71.0. The van der Waals surface area contributed by atoms with E-state index in [2.05, 4.69) is 208 Å². The first-order chi connectivity index (χ1) is 56.9. The number of carbonyl (C=O) groups is 4. The maximum Gasteiger partial charge on any atom is 0.270 e. The Hall–Kier alpha value is -11.2. The Morgan fingerprint density at radius 1 is 0.398 bits per heavy atom. The highest BCUT2D eigenvalue weighted by Crippen LogP contribution is 2.36. The number of piperazine rings is 4. The third kappa shape index (κ3) is 20.7. The summed E-state index contributed by atoms with van der Waals surface area (Å²) in [4.78, 5) is 92.2. The van der Waals surface area contributed by atoms with Gasteiger partial charge in [-0.3, -0.25) is 19.2 Å². The zero-order chi connectivity index (χ0) is 83.3. The number of hydrogen-bond donors (Lipinski definition) is 8. The third-order valence-electron chi connectivity index (χ3n) is 22.4. The zero-order valence-electron chi connectivity index (χ0n) is 71.0. The van der Waals surface area contributed by atoms with Crippen molar-refractivity contribution < 1.29 is 36.8 Å². The van der Waals surface area contributed by atoms with E-state index in [4.69, 9.17) is 22.7 Å². The van der Waals surface area contributed by atoms with Gasteiger partial charge >= 0.3 is 0 Å². The van der Waals surface area contributed by atoms with Gasteiger partial charge in [0.1, 0.15) is 76.3 Å². The van der Waals surface area contributed by atoms with E-state index in [0.717, 1.165) is 152 Å². The number of hydrogen-bond acceptors (Lipinski definition) is 16. The van der Waals surface area contributed by atoms with Crippen LogP contribution in [0.25, 0.3) is 68.4 Å². The summed E-state index contributed by atoms with van der Waals surface area (Å²) in [5, 5.41) is 16.0. The van der Waals surface area contributed by atoms with Crippen LogP contribution in [0.15, 0.2) is 170 Å². The first kappa shape index (κ1) is 84.7. The molecule has 0 radical (unpaired) electrons. The number of fused-ring (bicyclic) bond motifs is 1. The van der Waals surface area contributed by atoms with Gasteiger partial charge in [0.2, 0.25) is 23.6 Å². The van der Waals surface area contributed by atoms with E-state index in [9.17, 15) is 19.2 Å². The smallest absolute Gasteiger partial charge is 0.270 e. The van der Waals surface area contributed by atoms with E-state index in [1.165, 1.54) is 21.9 Å². The van der Waals surface area contributed by atoms with Crippen LogP contribution in [0.2, 0.25) is 0 Å². The lowest BCUT2D eigenvalue weighted by atomic mass is 9.98. The number of nitrogens with zero attached hydrogens (tertiary/aromatic N) is 8. The second kappa shape index (κ2) is 38.9. The molecule has 0 spiro atoms. The number of nitrogens with one attached hydrogen (secondary N) is 8. The van der Waals surface area contributed by atoms with Crippen molar-refractivity contribution in [1.82, 2.24) is 80.7 Å². The van der Waals surface area contributed by atoms with Crippen LogP contribution in [0.3, 0.4) is 0 Å². The molecule has 4 amide bonds. The first-order valence-corrected chi connectivity index (χ1v) is 42.2. The average molecular weight is 1600 g/mol. The normalized spacial score (nSPS) is 16.0. The van der Waals surface area contributed by atoms with E-state index in [0.29, 0.717) is 115 Å². The van der Waals surface area contributed by atoms with Gasteiger partial charge in [-0.05, 0) is 123 Å². The average Bonchev–Trinajstić information content (AvgIpc) is 1.62. The van der Waals surface area contributed by atoms with Crippen LogP contribution in [0, 0.1) is 17.8 Å². The molecular formula is C94H118N16O8. The number of carbonyl (C=O) groups excluding carboxylic acids is 4. The summed E-state index contributed by atoms with van der Waals surface area (Å²) in [7, 11) is 0. The molecule has 0 bridgehead atoms. The van der Waals surface area contributed by atoms with Gasteiger partial charge in [0.05, 0.1) is 17.1 Å². The molecule has 622 valence electrons. The highest BCUT2D eigenvalue weighted by molar-refractivity contribution is 5.96. The quantitative estimate of drug-likeness (QED) is 0.0332. The Morgan fingerprint density at radius 3 is 1.31 bits per heavy atom. The molecule has 2 atom stereocenters. The van der Waals surface area contributed by atoms with Crippen LogP contribution in [0.5, 0.6) is 0 Å². The van der Waals surface area contributed by atoms with Crippen molar-refractivity contribution in [3.63, 3.8) is 0 Å². The predicted octanol–water partition coefficient (Wildman–Crippen LogP) is 16.6. The Kier molecular flexibility index (Phi) is 28.0. The summed E-state index contributed by atoms with van der Waals surface area (Å²) in [6, 6.07) is 43.4. The van der Waals surface area contributed by atoms with Crippen molar-refractivity contribution >= 4 is 34.4 Å². The highest BCUT2D eigenvalue weighted by Gasteiger charge is 2.33. The Labute approximate surface area is 693 Å². The lowest BCUT2D eigenvalue weighted by Gasteiger charge is -2.35. The van der Waals surface area contributed by atoms with Crippen LogP contribution in [0.4, 0.5) is 0 Å². The predicted molar refractivity (Wildman–Crippen MR) is 464 cm³/mol. The van der Waals surface area contributed by atoms with Crippen LogP contribution in [-0.2, 0) is 19.3 Å². The van der Waals surface area contributed by atoms with E-state index in [1.807, 2.05) is 92.4 Å². The van der Waals surface area contributed by atoms with Gasteiger partial charge in [0.25, 0.3) is 23.6 Å². The SMILES string of the molecule is CC(C)Cc1coc(-c2[nH]c(C(=O)N3CCNCC3)cc2Cc2cccc3ccccc23)n1.CC(C)c1cc(C(=O)N2CCN[C@@H](C(C)C)C2)[nH]c1-c1nc(-c2ccccc2)co1.CC(C)c1coc(-c2[nH]c(C(=O)N3CCNCC3)cc2Cc2ccccc2)n1.CC(C)c1coc(-c2[nH]c(C(=O)N3CCN[C@@H](C(C)C)C3)cc2C(C)C)n1. The molecule has 24 heteroatoms. The van der Waals surface area contributed by atoms with Gasteiger partial charge in [0.15, 0.2) is 0 Å². The van der Waals surface area contributed by atoms with Crippen molar-refractivity contribution in [3.05, 3.63) is 226 Å². The molecule has 4 aromatic carbocycles. The van der Waals surface area contributed by atoms with Gasteiger partial charge in [-0.2, -0.15) is 0 Å². The molecule has 4 aliphatic rings. The van der Waals surface area contributed by atoms with Gasteiger partial charge in [-0.15, -0.1) is 0 Å². The standard InChI is InChI=1S/C27H30N4O2.C24H30N4O2.C22H26N4O2.C21H32N4O2/c1-18(2)14-22-17-33-26(29-22)25-21(15-20-8-5-7-19-6-3-4-9-23(19)20)16-24(30-25)27(32)31-12-10-28-11-13-31;1-15(2)18-12-19(24(29)28-11-10-25-20(13-28)16(3)4)26-22(18)23-27-21(14-30-23)17-8-6-5-7-9-17;1-15(2)19-14-28-21(25-19)20-17(12-16-6-4-3-5-7-16)13-18(24-20)22(27)26-10-8-23-9-11-26;1-12(2)15-9-16(21(26)25-8-7-22-17(10-25)13(3)4)23-19(15)20-24-18(11-27-20)14(5)6/h3-9,16-18,28,30H,10-15H2,1-2H3;5-9,12,14-16,20,25-26H,10-11,13H2,1-4H3;3-7,13-15,23-24H,8-12H2,1-2H3;9,11-14,17,22-23H,7-8,10H2,1-6H3/t;20-;;17-/m.1.1/s1. The van der Waals surface area contributed by atoms with Crippen molar-refractivity contribution in [3.8, 4) is 57.6 Å². The Balaban J connectivity index is 0.000000137. The second-order valence-electron chi connectivity index (χ2n) is 33.8. The lowest BCUT2D eigenvalue weighted by molar-refractivity contribution is 0.0672. The molecule has 0 unspecified atom stereocenters. The molecule has 118 heavy (non-hydrogen) atoms. The molecule has 12 aromatic rings. The summed E-state index contributed by atoms with van der Waals surface area (Å²) >= 11 is 0. The number of amides is 4. The molecule has 8 N–H and O–H groups in total. The number of oxazole rings is 4. The van der Waals surface area contributed by atoms with E-state index >= 15 is 0 Å². The topological polar surface area (TPSA) is 297 Å². The number of aromatic nitrogens is 8. The fourth-order valence-electron chi connectivity index (χ4n) is 15.4. The van der Waals surface area contributed by atoms with Crippen LogP contribution >= 0.6 is 0 Å². The number of H-pyrrole nitrogens is 4. The molecule has 24 nitrogen and oxygen atoms in total. The van der Waals surface area contributed by atoms with Gasteiger partial charge in [-0.1, -0.05) is 200 Å². The number of aromatic amines is 4. The maximum atomic E-state index is 13.2. The van der Waals surface area contributed by atoms with Crippen LogP contribution in [-0.4, -0.2) is 187 Å². The number of rotatable bonds is 21. The summed E-state index contributed by atoms with van der Waals surface area (Å²) in [5.74, 6) is 4.82. The van der Waals surface area contributed by atoms with Gasteiger partial charge in [-0.25, -0.2) is 19.9 Å². The van der Waals surface area contributed by atoms with Crippen molar-refractivity contribution in [2.75, 3.05) is 91.6 Å². The number of benzene rings is 4. The molecule has 8 aromatic heterocycles. The fraction of sp³-hybridized carbons (Fsp3) is 0.426. The highest BCUT2D eigenvalue weighted by atomic mass is 16.4. The van der Waals surface area contributed by atoms with Crippen molar-refractivity contribution in [2.24, 2.45) is 17.8 Å². The fourth-order valence-corrected chi connectivity index (χ4v) is 15.4. The molecule has 0 saturated carbocycles. The Morgan fingerprint density at radius 2 is 0.814 bits per heavy atom. The molecule has 4 fully saturated rings. The van der Waals surface area contributed by atoms with E-state index in [1.54, 1.807) is 25.1 Å². The van der Waals surface area contributed by atoms with Gasteiger partial charge < -0.3 is 78.5 Å².